The van der Waals surface area contributed by atoms with Gasteiger partial charge >= 0.3 is 0 Å². The Morgan fingerprint density at radius 3 is 2.73 bits per heavy atom. The molecule has 0 spiro atoms. The summed E-state index contributed by atoms with van der Waals surface area (Å²) in [6.07, 6.45) is 5.74. The van der Waals surface area contributed by atoms with Crippen molar-refractivity contribution in [2.45, 2.75) is 13.5 Å². The van der Waals surface area contributed by atoms with Crippen molar-refractivity contribution in [2.75, 3.05) is 12.4 Å². The normalized spacial score (nSPS) is 10.3. The third kappa shape index (κ3) is 2.34. The summed E-state index contributed by atoms with van der Waals surface area (Å²) in [7, 11) is 1.86. The van der Waals surface area contributed by atoms with E-state index in [2.05, 4.69) is 21.5 Å². The Morgan fingerprint density at radius 2 is 2.20 bits per heavy atom. The predicted molar refractivity (Wildman–Crippen MR) is 59.8 cm³/mol. The minimum atomic E-state index is 0.769. The molecule has 4 nitrogen and oxygen atoms in total. The Hall–Kier alpha value is -1.84. The topological polar surface area (TPSA) is 42.7 Å². The van der Waals surface area contributed by atoms with E-state index in [0.717, 1.165) is 17.9 Å². The molecule has 0 aliphatic rings. The van der Waals surface area contributed by atoms with Gasteiger partial charge in [-0.3, -0.25) is 4.68 Å². The Kier molecular flexibility index (Phi) is 2.67. The van der Waals surface area contributed by atoms with Crippen molar-refractivity contribution in [2.24, 2.45) is 0 Å². The Labute approximate surface area is 89.0 Å². The van der Waals surface area contributed by atoms with Crippen LogP contribution in [0.25, 0.3) is 0 Å². The SMILES string of the molecule is CNc1ccc(Cn2cc(C)cn2)cn1. The number of hydrogen-bond acceptors (Lipinski definition) is 3. The number of aromatic nitrogens is 3. The first-order chi connectivity index (χ1) is 7.28. The fourth-order valence-corrected chi connectivity index (χ4v) is 1.41. The summed E-state index contributed by atoms with van der Waals surface area (Å²) in [6, 6.07) is 4.02. The van der Waals surface area contributed by atoms with Gasteiger partial charge in [0.2, 0.25) is 0 Å². The average Bonchev–Trinajstić information content (AvgIpc) is 2.65. The number of nitrogens with one attached hydrogen (secondary N) is 1. The van der Waals surface area contributed by atoms with Crippen molar-refractivity contribution in [3.05, 3.63) is 41.9 Å². The van der Waals surface area contributed by atoms with Crippen LogP contribution in [0.15, 0.2) is 30.7 Å². The zero-order chi connectivity index (χ0) is 10.7. The van der Waals surface area contributed by atoms with E-state index in [0.29, 0.717) is 0 Å². The highest BCUT2D eigenvalue weighted by Crippen LogP contribution is 2.06. The van der Waals surface area contributed by atoms with Gasteiger partial charge in [-0.15, -0.1) is 0 Å². The zero-order valence-corrected chi connectivity index (χ0v) is 8.94. The molecular formula is C11H14N4. The molecule has 0 amide bonds. The number of aryl methyl sites for hydroxylation is 1. The van der Waals surface area contributed by atoms with Gasteiger partial charge in [0.05, 0.1) is 12.7 Å². The lowest BCUT2D eigenvalue weighted by Crippen LogP contribution is -2.01. The summed E-state index contributed by atoms with van der Waals surface area (Å²) in [5.41, 5.74) is 2.33. The maximum atomic E-state index is 4.25. The van der Waals surface area contributed by atoms with Crippen LogP contribution in [0, 0.1) is 6.92 Å². The molecule has 2 aromatic heterocycles. The van der Waals surface area contributed by atoms with Crippen molar-refractivity contribution in [3.63, 3.8) is 0 Å². The maximum absolute atomic E-state index is 4.25. The molecule has 2 rings (SSSR count). The van der Waals surface area contributed by atoms with Gasteiger partial charge < -0.3 is 5.32 Å². The van der Waals surface area contributed by atoms with Crippen LogP contribution in [0.4, 0.5) is 5.82 Å². The lowest BCUT2D eigenvalue weighted by atomic mass is 10.3. The molecule has 0 aromatic carbocycles. The van der Waals surface area contributed by atoms with Gasteiger partial charge in [0.1, 0.15) is 5.82 Å². The summed E-state index contributed by atoms with van der Waals surface area (Å²) in [6.45, 7) is 2.80. The molecule has 2 heterocycles. The molecule has 0 saturated heterocycles. The van der Waals surface area contributed by atoms with Gasteiger partial charge in [-0.25, -0.2) is 4.98 Å². The second-order valence-corrected chi connectivity index (χ2v) is 3.52. The van der Waals surface area contributed by atoms with E-state index in [1.54, 1.807) is 0 Å². The van der Waals surface area contributed by atoms with E-state index in [-0.39, 0.29) is 0 Å². The highest BCUT2D eigenvalue weighted by molar-refractivity contribution is 5.34. The Bertz CT molecular complexity index is 430. The number of nitrogens with zero attached hydrogens (tertiary/aromatic N) is 3. The molecule has 0 aliphatic heterocycles. The van der Waals surface area contributed by atoms with Crippen molar-refractivity contribution in [3.8, 4) is 0 Å². The summed E-state index contributed by atoms with van der Waals surface area (Å²) in [5, 5.41) is 7.22. The van der Waals surface area contributed by atoms with Crippen LogP contribution < -0.4 is 5.32 Å². The third-order valence-corrected chi connectivity index (χ3v) is 2.19. The summed E-state index contributed by atoms with van der Waals surface area (Å²) < 4.78 is 1.91. The zero-order valence-electron chi connectivity index (χ0n) is 8.94. The van der Waals surface area contributed by atoms with Gasteiger partial charge in [-0.05, 0) is 24.1 Å². The predicted octanol–water partition coefficient (Wildman–Crippen LogP) is 1.68. The molecule has 0 saturated carbocycles. The average molecular weight is 202 g/mol. The first-order valence-corrected chi connectivity index (χ1v) is 4.89. The van der Waals surface area contributed by atoms with Gasteiger partial charge in [0.25, 0.3) is 0 Å². The van der Waals surface area contributed by atoms with Gasteiger partial charge in [0.15, 0.2) is 0 Å². The summed E-state index contributed by atoms with van der Waals surface area (Å²) in [5.74, 6) is 0.885. The van der Waals surface area contributed by atoms with Crippen molar-refractivity contribution in [1.29, 1.82) is 0 Å². The molecule has 0 radical (unpaired) electrons. The van der Waals surface area contributed by atoms with Gasteiger partial charge in [0, 0.05) is 19.4 Å². The van der Waals surface area contributed by atoms with E-state index in [4.69, 9.17) is 0 Å². The van der Waals surface area contributed by atoms with Crippen LogP contribution in [-0.4, -0.2) is 21.8 Å². The molecule has 1 N–H and O–H groups in total. The standard InChI is InChI=1S/C11H14N4/c1-9-5-14-15(7-9)8-10-3-4-11(12-2)13-6-10/h3-7H,8H2,1-2H3,(H,12,13). The molecule has 15 heavy (non-hydrogen) atoms. The lowest BCUT2D eigenvalue weighted by Gasteiger charge is -2.03. The Morgan fingerprint density at radius 1 is 1.33 bits per heavy atom. The monoisotopic (exact) mass is 202 g/mol. The minimum Gasteiger partial charge on any atom is -0.373 e. The number of pyridine rings is 1. The number of rotatable bonds is 3. The maximum Gasteiger partial charge on any atom is 0.125 e. The van der Waals surface area contributed by atoms with Crippen LogP contribution in [0.1, 0.15) is 11.1 Å². The molecule has 78 valence electrons. The quantitative estimate of drug-likeness (QED) is 0.823. The second kappa shape index (κ2) is 4.13. The minimum absolute atomic E-state index is 0.769. The van der Waals surface area contributed by atoms with Crippen LogP contribution >= 0.6 is 0 Å². The highest BCUT2D eigenvalue weighted by Gasteiger charge is 1.97. The largest absolute Gasteiger partial charge is 0.373 e. The number of hydrogen-bond donors (Lipinski definition) is 1. The molecule has 0 unspecified atom stereocenters. The van der Waals surface area contributed by atoms with E-state index in [1.165, 1.54) is 5.56 Å². The van der Waals surface area contributed by atoms with Crippen LogP contribution in [-0.2, 0) is 6.54 Å². The fourth-order valence-electron chi connectivity index (χ4n) is 1.41. The van der Waals surface area contributed by atoms with E-state index >= 15 is 0 Å². The van der Waals surface area contributed by atoms with E-state index < -0.39 is 0 Å². The smallest absolute Gasteiger partial charge is 0.125 e. The first kappa shape index (κ1) is 9.71. The third-order valence-electron chi connectivity index (χ3n) is 2.19. The molecule has 2 aromatic rings. The van der Waals surface area contributed by atoms with Gasteiger partial charge in [-0.2, -0.15) is 5.10 Å². The van der Waals surface area contributed by atoms with Crippen LogP contribution in [0.2, 0.25) is 0 Å². The summed E-state index contributed by atoms with van der Waals surface area (Å²) in [4.78, 5) is 4.25. The summed E-state index contributed by atoms with van der Waals surface area (Å²) >= 11 is 0. The Balaban J connectivity index is 2.11. The fraction of sp³-hybridized carbons (Fsp3) is 0.273. The van der Waals surface area contributed by atoms with E-state index in [9.17, 15) is 0 Å². The van der Waals surface area contributed by atoms with Crippen LogP contribution in [0.5, 0.6) is 0 Å². The molecule has 0 aliphatic carbocycles. The first-order valence-electron chi connectivity index (χ1n) is 4.89. The molecular weight excluding hydrogens is 188 g/mol. The molecule has 4 heteroatoms. The molecule has 0 bridgehead atoms. The second-order valence-electron chi connectivity index (χ2n) is 3.52. The van der Waals surface area contributed by atoms with Crippen molar-refractivity contribution in [1.82, 2.24) is 14.8 Å². The van der Waals surface area contributed by atoms with Gasteiger partial charge in [-0.1, -0.05) is 6.07 Å². The van der Waals surface area contributed by atoms with E-state index in [1.807, 2.05) is 43.3 Å². The molecule has 0 atom stereocenters. The van der Waals surface area contributed by atoms with Crippen molar-refractivity contribution >= 4 is 5.82 Å². The molecule has 0 fully saturated rings. The lowest BCUT2D eigenvalue weighted by molar-refractivity contribution is 0.684. The van der Waals surface area contributed by atoms with Crippen LogP contribution in [0.3, 0.4) is 0 Å². The van der Waals surface area contributed by atoms with Crippen molar-refractivity contribution < 1.29 is 0 Å². The number of anilines is 1. The highest BCUT2D eigenvalue weighted by atomic mass is 15.3.